The van der Waals surface area contributed by atoms with Crippen LogP contribution in [0.2, 0.25) is 0 Å². The highest BCUT2D eigenvalue weighted by atomic mass is 79.9. The number of benzene rings is 3. The van der Waals surface area contributed by atoms with Crippen LogP contribution in [-0.2, 0) is 26.2 Å². The summed E-state index contributed by atoms with van der Waals surface area (Å²) >= 11 is 3.37. The molecule has 0 fully saturated rings. The van der Waals surface area contributed by atoms with Crippen molar-refractivity contribution in [3.8, 4) is 0 Å². The van der Waals surface area contributed by atoms with Crippen molar-refractivity contribution >= 4 is 43.5 Å². The third-order valence-corrected chi connectivity index (χ3v) is 7.95. The Kier molecular flexibility index (Phi) is 9.66. The molecule has 0 aliphatic rings. The number of sulfonamides is 1. The van der Waals surface area contributed by atoms with Crippen LogP contribution in [0, 0.1) is 0 Å². The first kappa shape index (κ1) is 27.4. The lowest BCUT2D eigenvalue weighted by atomic mass is 10.1. The Balaban J connectivity index is 1.98. The Labute approximate surface area is 221 Å². The number of carbonyl (C=O) groups excluding carboxylic acids is 2. The molecule has 0 bridgehead atoms. The molecule has 1 atom stereocenters. The molecular weight excluding hydrogens is 542 g/mol. The smallest absolute Gasteiger partial charge is 0.264 e. The van der Waals surface area contributed by atoms with Crippen molar-refractivity contribution in [3.05, 3.63) is 95.0 Å². The summed E-state index contributed by atoms with van der Waals surface area (Å²) in [5.41, 5.74) is 1.18. The molecular formula is C27H30BrN3O4S. The highest BCUT2D eigenvalue weighted by Crippen LogP contribution is 2.26. The molecule has 0 aromatic heterocycles. The molecule has 36 heavy (non-hydrogen) atoms. The Morgan fingerprint density at radius 2 is 1.50 bits per heavy atom. The minimum Gasteiger partial charge on any atom is -0.354 e. The Morgan fingerprint density at radius 1 is 0.917 bits per heavy atom. The van der Waals surface area contributed by atoms with Gasteiger partial charge in [0, 0.05) is 17.6 Å². The van der Waals surface area contributed by atoms with Crippen LogP contribution >= 0.6 is 15.9 Å². The topological polar surface area (TPSA) is 86.8 Å². The Bertz CT molecular complexity index is 1250. The molecule has 7 nitrogen and oxygen atoms in total. The summed E-state index contributed by atoms with van der Waals surface area (Å²) in [7, 11) is -4.06. The molecule has 0 unspecified atom stereocenters. The maximum Gasteiger partial charge on any atom is 0.264 e. The molecule has 2 amide bonds. The van der Waals surface area contributed by atoms with Gasteiger partial charge in [-0.15, -0.1) is 0 Å². The van der Waals surface area contributed by atoms with E-state index < -0.39 is 28.5 Å². The maximum atomic E-state index is 13.7. The van der Waals surface area contributed by atoms with E-state index in [2.05, 4.69) is 21.2 Å². The van der Waals surface area contributed by atoms with E-state index >= 15 is 0 Å². The fourth-order valence-electron chi connectivity index (χ4n) is 3.61. The van der Waals surface area contributed by atoms with Gasteiger partial charge in [-0.25, -0.2) is 8.42 Å². The summed E-state index contributed by atoms with van der Waals surface area (Å²) in [6.45, 7) is 3.80. The molecule has 0 aliphatic heterocycles. The first-order valence-corrected chi connectivity index (χ1v) is 13.9. The van der Waals surface area contributed by atoms with Gasteiger partial charge in [0.25, 0.3) is 10.0 Å². The monoisotopic (exact) mass is 571 g/mol. The first-order chi connectivity index (χ1) is 17.2. The van der Waals surface area contributed by atoms with Crippen LogP contribution in [0.3, 0.4) is 0 Å². The zero-order chi connectivity index (χ0) is 26.1. The maximum absolute atomic E-state index is 13.7. The van der Waals surface area contributed by atoms with E-state index in [-0.39, 0.29) is 17.3 Å². The normalized spacial score (nSPS) is 12.0. The van der Waals surface area contributed by atoms with Crippen LogP contribution in [0.1, 0.15) is 25.8 Å². The fraction of sp³-hybridized carbons (Fsp3) is 0.259. The first-order valence-electron chi connectivity index (χ1n) is 11.7. The van der Waals surface area contributed by atoms with Crippen molar-refractivity contribution < 1.29 is 18.0 Å². The molecule has 0 saturated heterocycles. The van der Waals surface area contributed by atoms with Gasteiger partial charge in [-0.05, 0) is 55.3 Å². The second-order valence-corrected chi connectivity index (χ2v) is 11.1. The van der Waals surface area contributed by atoms with Crippen LogP contribution in [0.25, 0.3) is 0 Å². The van der Waals surface area contributed by atoms with E-state index in [1.54, 1.807) is 49.4 Å². The van der Waals surface area contributed by atoms with Crippen LogP contribution in [0.4, 0.5) is 5.69 Å². The summed E-state index contributed by atoms with van der Waals surface area (Å²) in [6.07, 6.45) is 0.762. The van der Waals surface area contributed by atoms with Crippen molar-refractivity contribution in [2.75, 3.05) is 17.4 Å². The quantitative estimate of drug-likeness (QED) is 0.364. The van der Waals surface area contributed by atoms with E-state index in [1.165, 1.54) is 17.0 Å². The van der Waals surface area contributed by atoms with Crippen molar-refractivity contribution in [3.63, 3.8) is 0 Å². The van der Waals surface area contributed by atoms with Crippen LogP contribution in [0.5, 0.6) is 0 Å². The molecule has 3 aromatic carbocycles. The fourth-order valence-corrected chi connectivity index (χ4v) is 5.31. The van der Waals surface area contributed by atoms with Gasteiger partial charge in [0.2, 0.25) is 11.8 Å². The van der Waals surface area contributed by atoms with Crippen molar-refractivity contribution in [2.45, 2.75) is 37.8 Å². The SMILES string of the molecule is CCCNC(=O)[C@H](C)N(Cc1ccccc1)C(=O)CN(c1ccc(Br)cc1)S(=O)(=O)c1ccccc1. The number of anilines is 1. The number of hydrogen-bond acceptors (Lipinski definition) is 4. The van der Waals surface area contributed by atoms with Gasteiger partial charge in [0.1, 0.15) is 12.6 Å². The molecule has 190 valence electrons. The summed E-state index contributed by atoms with van der Waals surface area (Å²) in [5.74, 6) is -0.775. The molecule has 0 aliphatic carbocycles. The number of nitrogens with zero attached hydrogens (tertiary/aromatic N) is 2. The number of amides is 2. The van der Waals surface area contributed by atoms with Crippen molar-refractivity contribution in [1.29, 1.82) is 0 Å². The van der Waals surface area contributed by atoms with Gasteiger partial charge in [0.15, 0.2) is 0 Å². The third-order valence-electron chi connectivity index (χ3n) is 5.64. The molecule has 0 saturated carbocycles. The highest BCUT2D eigenvalue weighted by molar-refractivity contribution is 9.10. The lowest BCUT2D eigenvalue weighted by Gasteiger charge is -2.32. The van der Waals surface area contributed by atoms with Gasteiger partial charge in [-0.2, -0.15) is 0 Å². The highest BCUT2D eigenvalue weighted by Gasteiger charge is 2.32. The number of halogens is 1. The summed E-state index contributed by atoms with van der Waals surface area (Å²) in [6, 6.07) is 23.2. The Morgan fingerprint density at radius 3 is 2.08 bits per heavy atom. The molecule has 0 radical (unpaired) electrons. The Hall–Kier alpha value is -3.17. The van der Waals surface area contributed by atoms with Gasteiger partial charge in [0.05, 0.1) is 10.6 Å². The lowest BCUT2D eigenvalue weighted by Crippen LogP contribution is -2.51. The van der Waals surface area contributed by atoms with Crippen molar-refractivity contribution in [2.24, 2.45) is 0 Å². The standard InChI is InChI=1S/C27H30BrN3O4S/c1-3-18-29-27(33)21(2)30(19-22-10-6-4-7-11-22)26(32)20-31(24-16-14-23(28)15-17-24)36(34,35)25-12-8-5-9-13-25/h4-17,21H,3,18-20H2,1-2H3,(H,29,33)/t21-/m0/s1. The lowest BCUT2D eigenvalue weighted by molar-refractivity contribution is -0.139. The average Bonchev–Trinajstić information content (AvgIpc) is 2.90. The number of hydrogen-bond donors (Lipinski definition) is 1. The van der Waals surface area contributed by atoms with Gasteiger partial charge in [-0.3, -0.25) is 13.9 Å². The third kappa shape index (κ3) is 6.95. The van der Waals surface area contributed by atoms with E-state index in [9.17, 15) is 18.0 Å². The van der Waals surface area contributed by atoms with Gasteiger partial charge >= 0.3 is 0 Å². The predicted molar refractivity (Wildman–Crippen MR) is 145 cm³/mol. The number of nitrogens with one attached hydrogen (secondary N) is 1. The zero-order valence-electron chi connectivity index (χ0n) is 20.3. The van der Waals surface area contributed by atoms with E-state index in [0.29, 0.717) is 12.2 Å². The molecule has 3 aromatic rings. The summed E-state index contributed by atoms with van der Waals surface area (Å²) < 4.78 is 29.2. The largest absolute Gasteiger partial charge is 0.354 e. The zero-order valence-corrected chi connectivity index (χ0v) is 22.7. The molecule has 0 spiro atoms. The minimum atomic E-state index is -4.06. The predicted octanol–water partition coefficient (Wildman–Crippen LogP) is 4.59. The number of carbonyl (C=O) groups is 2. The molecule has 3 rings (SSSR count). The van der Waals surface area contributed by atoms with E-state index in [1.807, 2.05) is 37.3 Å². The van der Waals surface area contributed by atoms with Crippen LogP contribution in [-0.4, -0.2) is 44.3 Å². The summed E-state index contributed by atoms with van der Waals surface area (Å²) in [5, 5.41) is 2.83. The second-order valence-electron chi connectivity index (χ2n) is 8.28. The summed E-state index contributed by atoms with van der Waals surface area (Å²) in [4.78, 5) is 28.0. The second kappa shape index (κ2) is 12.7. The van der Waals surface area contributed by atoms with Crippen molar-refractivity contribution in [1.82, 2.24) is 10.2 Å². The van der Waals surface area contributed by atoms with Gasteiger partial charge < -0.3 is 10.2 Å². The van der Waals surface area contributed by atoms with E-state index in [4.69, 9.17) is 0 Å². The average molecular weight is 573 g/mol. The van der Waals surface area contributed by atoms with Crippen LogP contribution in [0.15, 0.2) is 94.3 Å². The van der Waals surface area contributed by atoms with Gasteiger partial charge in [-0.1, -0.05) is 71.4 Å². The van der Waals surface area contributed by atoms with Crippen LogP contribution < -0.4 is 9.62 Å². The molecule has 9 heteroatoms. The molecule has 1 N–H and O–H groups in total. The molecule has 0 heterocycles. The number of rotatable bonds is 11. The minimum absolute atomic E-state index is 0.0732. The van der Waals surface area contributed by atoms with E-state index in [0.717, 1.165) is 20.8 Å².